The predicted molar refractivity (Wildman–Crippen MR) is 136 cm³/mol. The van der Waals surface area contributed by atoms with Crippen molar-refractivity contribution in [3.8, 4) is 5.69 Å². The topological polar surface area (TPSA) is 63.4 Å². The fraction of sp³-hybridized carbons (Fsp3) is 0.346. The largest absolute Gasteiger partial charge is 0.370 e. The summed E-state index contributed by atoms with van der Waals surface area (Å²) < 4.78 is 45.1. The first-order chi connectivity index (χ1) is 16.8. The van der Waals surface area contributed by atoms with Gasteiger partial charge in [0.1, 0.15) is 5.82 Å². The maximum Gasteiger partial charge on any atom is 0.244 e. The van der Waals surface area contributed by atoms with E-state index >= 15 is 0 Å². The van der Waals surface area contributed by atoms with Crippen LogP contribution in [0.4, 0.5) is 10.1 Å². The molecule has 1 aliphatic heterocycles. The third-order valence-electron chi connectivity index (χ3n) is 6.86. The lowest BCUT2D eigenvalue weighted by atomic mass is 10.1. The van der Waals surface area contributed by atoms with Gasteiger partial charge in [-0.3, -0.25) is 0 Å². The van der Waals surface area contributed by atoms with E-state index in [4.69, 9.17) is 0 Å². The SMILES string of the molecule is CCCn1ccc(S(=O)(=O)N(C)[C@H]2CCN(c3cc4cnn(-c5ccc(F)cc5)c4cc3C)C2)c1. The van der Waals surface area contributed by atoms with Gasteiger partial charge >= 0.3 is 0 Å². The van der Waals surface area contributed by atoms with Crippen molar-refractivity contribution in [3.05, 3.63) is 72.4 Å². The molecule has 184 valence electrons. The number of likely N-dealkylation sites (N-methyl/N-ethyl adjacent to an activating group) is 1. The van der Waals surface area contributed by atoms with Crippen LogP contribution < -0.4 is 4.90 Å². The zero-order chi connectivity index (χ0) is 24.7. The van der Waals surface area contributed by atoms with Crippen molar-refractivity contribution in [1.29, 1.82) is 0 Å². The number of hydrogen-bond acceptors (Lipinski definition) is 4. The molecule has 7 nitrogen and oxygen atoms in total. The molecule has 9 heteroatoms. The molecule has 4 aromatic rings. The fourth-order valence-corrected chi connectivity index (χ4v) is 6.28. The first-order valence-corrected chi connectivity index (χ1v) is 13.3. The van der Waals surface area contributed by atoms with Crippen LogP contribution >= 0.6 is 0 Å². The Hall–Kier alpha value is -3.17. The lowest BCUT2D eigenvalue weighted by Gasteiger charge is -2.25. The number of hydrogen-bond donors (Lipinski definition) is 0. The molecule has 0 unspecified atom stereocenters. The smallest absolute Gasteiger partial charge is 0.244 e. The van der Waals surface area contributed by atoms with Gasteiger partial charge in [0.05, 0.1) is 22.3 Å². The molecule has 0 spiro atoms. The lowest BCUT2D eigenvalue weighted by molar-refractivity contribution is 0.390. The Morgan fingerprint density at radius 2 is 1.94 bits per heavy atom. The van der Waals surface area contributed by atoms with Crippen LogP contribution in [0.1, 0.15) is 25.3 Å². The highest BCUT2D eigenvalue weighted by atomic mass is 32.2. The number of anilines is 1. The van der Waals surface area contributed by atoms with Crippen LogP contribution in [-0.2, 0) is 16.6 Å². The average Bonchev–Trinajstić information content (AvgIpc) is 3.59. The van der Waals surface area contributed by atoms with E-state index in [0.717, 1.165) is 53.8 Å². The highest BCUT2D eigenvalue weighted by Gasteiger charge is 2.34. The molecule has 0 radical (unpaired) electrons. The lowest BCUT2D eigenvalue weighted by Crippen LogP contribution is -2.39. The van der Waals surface area contributed by atoms with Gasteiger partial charge < -0.3 is 9.47 Å². The van der Waals surface area contributed by atoms with E-state index in [9.17, 15) is 12.8 Å². The molecule has 1 atom stereocenters. The standard InChI is InChI=1S/C26H30FN5O2S/c1-4-11-30-12-10-24(18-30)35(33,34)29(3)23-9-13-31(17-23)25-15-20-16-28-32(26(20)14-19(25)2)22-7-5-21(27)6-8-22/h5-8,10,12,14-16,18,23H,4,9,11,13,17H2,1-3H3/t23-/m0/s1. The zero-order valence-corrected chi connectivity index (χ0v) is 21.0. The van der Waals surface area contributed by atoms with Crippen LogP contribution in [0.2, 0.25) is 0 Å². The summed E-state index contributed by atoms with van der Waals surface area (Å²) >= 11 is 0. The summed E-state index contributed by atoms with van der Waals surface area (Å²) in [6.45, 7) is 6.33. The van der Waals surface area contributed by atoms with E-state index in [1.807, 2.05) is 21.6 Å². The van der Waals surface area contributed by atoms with Crippen molar-refractivity contribution in [2.24, 2.45) is 0 Å². The molecule has 0 N–H and O–H groups in total. The molecule has 2 aromatic carbocycles. The molecule has 2 aromatic heterocycles. The van der Waals surface area contributed by atoms with Gasteiger partial charge in [-0.05, 0) is 67.8 Å². The third-order valence-corrected chi connectivity index (χ3v) is 8.75. The number of rotatable bonds is 7. The van der Waals surface area contributed by atoms with Crippen LogP contribution in [-0.4, -0.2) is 53.2 Å². The molecule has 3 heterocycles. The van der Waals surface area contributed by atoms with Gasteiger partial charge in [0.15, 0.2) is 0 Å². The molecule has 5 rings (SSSR count). The molecule has 0 aliphatic carbocycles. The van der Waals surface area contributed by atoms with Gasteiger partial charge in [0.2, 0.25) is 10.0 Å². The second-order valence-corrected chi connectivity index (χ2v) is 11.2. The van der Waals surface area contributed by atoms with Crippen LogP contribution in [0.15, 0.2) is 66.0 Å². The number of halogens is 1. The van der Waals surface area contributed by atoms with Gasteiger partial charge in [0, 0.05) is 56.2 Å². The van der Waals surface area contributed by atoms with Crippen LogP contribution in [0, 0.1) is 12.7 Å². The number of benzene rings is 2. The highest BCUT2D eigenvalue weighted by Crippen LogP contribution is 2.32. The van der Waals surface area contributed by atoms with E-state index in [1.165, 1.54) is 16.4 Å². The third kappa shape index (κ3) is 4.34. The fourth-order valence-electron chi connectivity index (χ4n) is 4.88. The van der Waals surface area contributed by atoms with Crippen molar-refractivity contribution in [1.82, 2.24) is 18.7 Å². The van der Waals surface area contributed by atoms with Crippen LogP contribution in [0.5, 0.6) is 0 Å². The number of nitrogens with zero attached hydrogens (tertiary/aromatic N) is 5. The Morgan fingerprint density at radius 1 is 1.17 bits per heavy atom. The van der Waals surface area contributed by atoms with Crippen molar-refractivity contribution >= 4 is 26.6 Å². The quantitative estimate of drug-likeness (QED) is 0.376. The minimum atomic E-state index is -3.55. The zero-order valence-electron chi connectivity index (χ0n) is 20.2. The summed E-state index contributed by atoms with van der Waals surface area (Å²) in [6, 6.07) is 12.1. The highest BCUT2D eigenvalue weighted by molar-refractivity contribution is 7.89. The summed E-state index contributed by atoms with van der Waals surface area (Å²) in [4.78, 5) is 2.60. The summed E-state index contributed by atoms with van der Waals surface area (Å²) in [5, 5.41) is 5.50. The molecule has 0 bridgehead atoms. The monoisotopic (exact) mass is 495 g/mol. The molecule has 0 amide bonds. The van der Waals surface area contributed by atoms with Gasteiger partial charge in [-0.1, -0.05) is 6.92 Å². The Bertz CT molecular complexity index is 1460. The first kappa shape index (κ1) is 23.6. The minimum absolute atomic E-state index is 0.105. The minimum Gasteiger partial charge on any atom is -0.370 e. The second-order valence-electron chi connectivity index (χ2n) is 9.23. The van der Waals surface area contributed by atoms with Gasteiger partial charge in [0.25, 0.3) is 0 Å². The Labute approximate surface area is 205 Å². The van der Waals surface area contributed by atoms with Crippen molar-refractivity contribution in [3.63, 3.8) is 0 Å². The maximum absolute atomic E-state index is 13.3. The Balaban J connectivity index is 1.37. The predicted octanol–water partition coefficient (Wildman–Crippen LogP) is 4.58. The molecule has 0 saturated carbocycles. The van der Waals surface area contributed by atoms with Gasteiger partial charge in [-0.15, -0.1) is 0 Å². The summed E-state index contributed by atoms with van der Waals surface area (Å²) in [6.07, 6.45) is 7.08. The number of aromatic nitrogens is 3. The van der Waals surface area contributed by atoms with Gasteiger partial charge in [-0.2, -0.15) is 9.40 Å². The summed E-state index contributed by atoms with van der Waals surface area (Å²) in [5.74, 6) is -0.280. The summed E-state index contributed by atoms with van der Waals surface area (Å²) in [7, 11) is -1.87. The number of aryl methyl sites for hydroxylation is 2. The van der Waals surface area contributed by atoms with E-state index < -0.39 is 10.0 Å². The van der Waals surface area contributed by atoms with Crippen LogP contribution in [0.3, 0.4) is 0 Å². The van der Waals surface area contributed by atoms with E-state index in [2.05, 4.69) is 36.0 Å². The molecule has 1 saturated heterocycles. The number of sulfonamides is 1. The molecule has 1 aliphatic rings. The molecule has 35 heavy (non-hydrogen) atoms. The first-order valence-electron chi connectivity index (χ1n) is 11.9. The summed E-state index contributed by atoms with van der Waals surface area (Å²) in [5.41, 5.74) is 3.92. The Morgan fingerprint density at radius 3 is 2.69 bits per heavy atom. The van der Waals surface area contributed by atoms with Crippen LogP contribution in [0.25, 0.3) is 16.6 Å². The van der Waals surface area contributed by atoms with Crippen molar-refractivity contribution < 1.29 is 12.8 Å². The normalized spacial score (nSPS) is 16.6. The molecule has 1 fully saturated rings. The second kappa shape index (κ2) is 9.13. The Kier molecular flexibility index (Phi) is 6.14. The maximum atomic E-state index is 13.3. The van der Waals surface area contributed by atoms with Crippen molar-refractivity contribution in [2.75, 3.05) is 25.0 Å². The average molecular weight is 496 g/mol. The van der Waals surface area contributed by atoms with Crippen molar-refractivity contribution in [2.45, 2.75) is 44.2 Å². The molecular formula is C26H30FN5O2S. The van der Waals surface area contributed by atoms with Gasteiger partial charge in [-0.25, -0.2) is 17.5 Å². The number of fused-ring (bicyclic) bond motifs is 1. The van der Waals surface area contributed by atoms with E-state index in [1.54, 1.807) is 31.4 Å². The van der Waals surface area contributed by atoms with E-state index in [-0.39, 0.29) is 11.9 Å². The van der Waals surface area contributed by atoms with E-state index in [0.29, 0.717) is 11.4 Å². The molecular weight excluding hydrogens is 465 g/mol.